The molecule has 0 radical (unpaired) electrons. The molecular formula is C14H20O3. The second-order valence-electron chi connectivity index (χ2n) is 4.70. The third-order valence-corrected chi connectivity index (χ3v) is 3.51. The van der Waals surface area contributed by atoms with Crippen molar-refractivity contribution < 1.29 is 14.6 Å². The van der Waals surface area contributed by atoms with Crippen LogP contribution in [0.4, 0.5) is 0 Å². The Morgan fingerprint density at radius 3 is 3.00 bits per heavy atom. The van der Waals surface area contributed by atoms with Crippen LogP contribution in [0.15, 0.2) is 24.3 Å². The maximum Gasteiger partial charge on any atom is 0.123 e. The molecule has 1 N–H and O–H groups in total. The topological polar surface area (TPSA) is 38.7 Å². The predicted octanol–water partition coefficient (Wildman–Crippen LogP) is 2.20. The number of aliphatic hydroxyl groups is 1. The third-order valence-electron chi connectivity index (χ3n) is 3.51. The van der Waals surface area contributed by atoms with E-state index >= 15 is 0 Å². The summed E-state index contributed by atoms with van der Waals surface area (Å²) in [6.45, 7) is 3.33. The average Bonchev–Trinajstić information content (AvgIpc) is 2.78. The lowest BCUT2D eigenvalue weighted by Crippen LogP contribution is -2.27. The molecule has 1 aromatic carbocycles. The molecule has 1 aromatic rings. The summed E-state index contributed by atoms with van der Waals surface area (Å²) in [4.78, 5) is 0. The number of fused-ring (bicyclic) bond motifs is 1. The van der Waals surface area contributed by atoms with Gasteiger partial charge in [0.1, 0.15) is 5.75 Å². The molecule has 0 saturated heterocycles. The number of rotatable bonds is 5. The van der Waals surface area contributed by atoms with Gasteiger partial charge in [-0.1, -0.05) is 25.1 Å². The van der Waals surface area contributed by atoms with Gasteiger partial charge in [-0.2, -0.15) is 0 Å². The maximum atomic E-state index is 10.4. The molecule has 2 rings (SSSR count). The molecule has 3 heteroatoms. The number of aliphatic hydroxyl groups excluding tert-OH is 1. The van der Waals surface area contributed by atoms with Gasteiger partial charge in [0, 0.05) is 25.2 Å². The first-order chi connectivity index (χ1) is 8.24. The van der Waals surface area contributed by atoms with Crippen molar-refractivity contribution in [3.8, 4) is 5.75 Å². The molecule has 3 unspecified atom stereocenters. The van der Waals surface area contributed by atoms with Crippen molar-refractivity contribution in [2.45, 2.75) is 25.4 Å². The number of benzene rings is 1. The van der Waals surface area contributed by atoms with Crippen LogP contribution in [0.2, 0.25) is 0 Å². The number of methoxy groups -OCH3 is 1. The Hall–Kier alpha value is -1.06. The van der Waals surface area contributed by atoms with E-state index in [1.807, 2.05) is 24.3 Å². The number of hydrogen-bond acceptors (Lipinski definition) is 3. The van der Waals surface area contributed by atoms with E-state index in [9.17, 15) is 5.11 Å². The minimum absolute atomic E-state index is 0.0954. The van der Waals surface area contributed by atoms with Gasteiger partial charge in [0.2, 0.25) is 0 Å². The molecule has 94 valence electrons. The van der Waals surface area contributed by atoms with E-state index in [4.69, 9.17) is 9.47 Å². The highest BCUT2D eigenvalue weighted by Gasteiger charge is 2.32. The zero-order valence-corrected chi connectivity index (χ0v) is 10.4. The Balaban J connectivity index is 2.04. The largest absolute Gasteiger partial charge is 0.493 e. The lowest BCUT2D eigenvalue weighted by Gasteiger charge is -2.23. The van der Waals surface area contributed by atoms with Crippen molar-refractivity contribution in [1.82, 2.24) is 0 Å². The first-order valence-electron chi connectivity index (χ1n) is 6.12. The van der Waals surface area contributed by atoms with Gasteiger partial charge in [0.05, 0.1) is 12.7 Å². The fraction of sp³-hybridized carbons (Fsp3) is 0.571. The molecule has 0 amide bonds. The summed E-state index contributed by atoms with van der Waals surface area (Å²) in [6, 6.07) is 7.95. The van der Waals surface area contributed by atoms with Crippen molar-refractivity contribution in [2.75, 3.05) is 20.3 Å². The van der Waals surface area contributed by atoms with Crippen LogP contribution in [-0.4, -0.2) is 31.5 Å². The Kier molecular flexibility index (Phi) is 4.02. The highest BCUT2D eigenvalue weighted by atomic mass is 16.5. The average molecular weight is 236 g/mol. The molecular weight excluding hydrogens is 216 g/mol. The summed E-state index contributed by atoms with van der Waals surface area (Å²) >= 11 is 0. The molecule has 0 bridgehead atoms. The quantitative estimate of drug-likeness (QED) is 0.851. The van der Waals surface area contributed by atoms with Gasteiger partial charge in [0.15, 0.2) is 0 Å². The minimum Gasteiger partial charge on any atom is -0.493 e. The predicted molar refractivity (Wildman–Crippen MR) is 66.3 cm³/mol. The van der Waals surface area contributed by atoms with E-state index in [2.05, 4.69) is 6.92 Å². The first-order valence-corrected chi connectivity index (χ1v) is 6.12. The maximum absolute atomic E-state index is 10.4. The molecule has 0 fully saturated rings. The standard InChI is InChI=1S/C14H20O3/c1-10(7-8-16-2)14(15)12-9-17-13-6-4-3-5-11(12)13/h3-6,10,12,14-15H,7-9H2,1-2H3. The van der Waals surface area contributed by atoms with Crippen molar-refractivity contribution in [3.63, 3.8) is 0 Å². The molecule has 17 heavy (non-hydrogen) atoms. The molecule has 0 spiro atoms. The SMILES string of the molecule is COCCC(C)C(O)C1COc2ccccc21. The van der Waals surface area contributed by atoms with Crippen LogP contribution in [0.3, 0.4) is 0 Å². The van der Waals surface area contributed by atoms with Crippen LogP contribution in [-0.2, 0) is 4.74 Å². The number of ether oxygens (including phenoxy) is 2. The van der Waals surface area contributed by atoms with Crippen molar-refractivity contribution in [1.29, 1.82) is 0 Å². The van der Waals surface area contributed by atoms with Gasteiger partial charge in [0.25, 0.3) is 0 Å². The van der Waals surface area contributed by atoms with E-state index in [0.29, 0.717) is 13.2 Å². The van der Waals surface area contributed by atoms with E-state index in [1.165, 1.54) is 0 Å². The Labute approximate surface area is 102 Å². The summed E-state index contributed by atoms with van der Waals surface area (Å²) in [5.41, 5.74) is 1.13. The molecule has 1 aliphatic heterocycles. The van der Waals surface area contributed by atoms with Crippen LogP contribution in [0.1, 0.15) is 24.8 Å². The molecule has 1 heterocycles. The number of para-hydroxylation sites is 1. The van der Waals surface area contributed by atoms with Gasteiger partial charge in [-0.05, 0) is 18.4 Å². The summed E-state index contributed by atoms with van der Waals surface area (Å²) in [6.07, 6.45) is 0.505. The highest BCUT2D eigenvalue weighted by molar-refractivity contribution is 5.40. The van der Waals surface area contributed by atoms with E-state index in [1.54, 1.807) is 7.11 Å². The zero-order valence-electron chi connectivity index (χ0n) is 10.4. The van der Waals surface area contributed by atoms with Crippen LogP contribution in [0.25, 0.3) is 0 Å². The van der Waals surface area contributed by atoms with E-state index in [0.717, 1.165) is 17.7 Å². The van der Waals surface area contributed by atoms with Crippen molar-refractivity contribution >= 4 is 0 Å². The Morgan fingerprint density at radius 2 is 2.24 bits per heavy atom. The van der Waals surface area contributed by atoms with Crippen LogP contribution < -0.4 is 4.74 Å². The highest BCUT2D eigenvalue weighted by Crippen LogP contribution is 2.37. The normalized spacial score (nSPS) is 21.7. The van der Waals surface area contributed by atoms with Crippen LogP contribution >= 0.6 is 0 Å². The molecule has 3 nitrogen and oxygen atoms in total. The van der Waals surface area contributed by atoms with Crippen LogP contribution in [0.5, 0.6) is 5.75 Å². The summed E-state index contributed by atoms with van der Waals surface area (Å²) in [5, 5.41) is 10.4. The monoisotopic (exact) mass is 236 g/mol. The van der Waals surface area contributed by atoms with Gasteiger partial charge in [-0.3, -0.25) is 0 Å². The molecule has 3 atom stereocenters. The lowest BCUT2D eigenvalue weighted by atomic mass is 9.86. The van der Waals surface area contributed by atoms with Crippen molar-refractivity contribution in [2.24, 2.45) is 5.92 Å². The van der Waals surface area contributed by atoms with Gasteiger partial charge >= 0.3 is 0 Å². The van der Waals surface area contributed by atoms with E-state index < -0.39 is 0 Å². The van der Waals surface area contributed by atoms with Gasteiger partial charge in [-0.15, -0.1) is 0 Å². The van der Waals surface area contributed by atoms with Crippen molar-refractivity contribution in [3.05, 3.63) is 29.8 Å². The van der Waals surface area contributed by atoms with Gasteiger partial charge in [-0.25, -0.2) is 0 Å². The molecule has 0 aliphatic carbocycles. The fourth-order valence-corrected chi connectivity index (χ4v) is 2.34. The molecule has 1 aliphatic rings. The summed E-state index contributed by atoms with van der Waals surface area (Å²) in [5.74, 6) is 1.23. The second kappa shape index (κ2) is 5.52. The summed E-state index contributed by atoms with van der Waals surface area (Å²) < 4.78 is 10.6. The Bertz CT molecular complexity index is 364. The first kappa shape index (κ1) is 12.4. The zero-order chi connectivity index (χ0) is 12.3. The lowest BCUT2D eigenvalue weighted by molar-refractivity contribution is 0.0603. The fourth-order valence-electron chi connectivity index (χ4n) is 2.34. The molecule has 0 saturated carbocycles. The van der Waals surface area contributed by atoms with Gasteiger partial charge < -0.3 is 14.6 Å². The smallest absolute Gasteiger partial charge is 0.123 e. The summed E-state index contributed by atoms with van der Waals surface area (Å²) in [7, 11) is 1.69. The number of hydrogen-bond donors (Lipinski definition) is 1. The molecule has 0 aromatic heterocycles. The second-order valence-corrected chi connectivity index (χ2v) is 4.70. The van der Waals surface area contributed by atoms with E-state index in [-0.39, 0.29) is 17.9 Å². The minimum atomic E-state index is -0.367. The van der Waals surface area contributed by atoms with Crippen LogP contribution in [0, 0.1) is 5.92 Å². The third kappa shape index (κ3) is 2.61. The Morgan fingerprint density at radius 1 is 1.47 bits per heavy atom.